The number of carbonyl (C=O) groups is 2. The Labute approximate surface area is 113 Å². The lowest BCUT2D eigenvalue weighted by molar-refractivity contribution is -0.141. The molecular weight excluding hydrogens is 300 g/mol. The van der Waals surface area contributed by atoms with Gasteiger partial charge in [-0.25, -0.2) is 0 Å². The van der Waals surface area contributed by atoms with E-state index >= 15 is 0 Å². The second kappa shape index (κ2) is 5.48. The molecule has 0 aromatic carbocycles. The molecule has 5 nitrogen and oxygen atoms in total. The predicted octanol–water partition coefficient (Wildman–Crippen LogP) is 2.28. The summed E-state index contributed by atoms with van der Waals surface area (Å²) in [4.78, 5) is 26.7. The van der Waals surface area contributed by atoms with Crippen LogP contribution < -0.4 is 5.32 Å². The SMILES string of the molecule is O=C(O)[C@H]1CC[C@@H](C(=O)Nc2ccncc2Br)C1. The molecule has 1 heterocycles. The van der Waals surface area contributed by atoms with Crippen molar-refractivity contribution in [1.29, 1.82) is 0 Å². The molecule has 96 valence electrons. The van der Waals surface area contributed by atoms with E-state index in [1.807, 2.05) is 0 Å². The summed E-state index contributed by atoms with van der Waals surface area (Å²) in [5.74, 6) is -1.53. The van der Waals surface area contributed by atoms with Gasteiger partial charge in [-0.2, -0.15) is 0 Å². The van der Waals surface area contributed by atoms with E-state index in [1.54, 1.807) is 18.5 Å². The normalized spacial score (nSPS) is 22.7. The largest absolute Gasteiger partial charge is 0.481 e. The van der Waals surface area contributed by atoms with Gasteiger partial charge in [0.05, 0.1) is 16.1 Å². The highest BCUT2D eigenvalue weighted by atomic mass is 79.9. The summed E-state index contributed by atoms with van der Waals surface area (Å²) in [6.45, 7) is 0. The maximum absolute atomic E-state index is 12.0. The Balaban J connectivity index is 1.98. The number of hydrogen-bond donors (Lipinski definition) is 2. The standard InChI is InChI=1S/C12H13BrN2O3/c13-9-6-14-4-3-10(9)15-11(16)7-1-2-8(5-7)12(17)18/h3-4,6-8H,1-2,5H2,(H,17,18)(H,14,15,16)/t7-,8+/m1/s1. The smallest absolute Gasteiger partial charge is 0.306 e. The van der Waals surface area contributed by atoms with E-state index in [0.717, 1.165) is 0 Å². The second-order valence-electron chi connectivity index (χ2n) is 4.39. The first-order valence-electron chi connectivity index (χ1n) is 5.71. The Kier molecular flexibility index (Phi) is 3.96. The molecule has 0 saturated heterocycles. The second-order valence-corrected chi connectivity index (χ2v) is 5.24. The number of pyridine rings is 1. The zero-order valence-electron chi connectivity index (χ0n) is 9.60. The summed E-state index contributed by atoms with van der Waals surface area (Å²) in [6, 6.07) is 1.70. The molecule has 1 saturated carbocycles. The monoisotopic (exact) mass is 312 g/mol. The third-order valence-corrected chi connectivity index (χ3v) is 3.81. The number of carbonyl (C=O) groups excluding carboxylic acids is 1. The Morgan fingerprint density at radius 3 is 2.72 bits per heavy atom. The van der Waals surface area contributed by atoms with Crippen LogP contribution in [0, 0.1) is 11.8 Å². The Morgan fingerprint density at radius 1 is 1.39 bits per heavy atom. The van der Waals surface area contributed by atoms with Crippen molar-refractivity contribution < 1.29 is 14.7 Å². The summed E-state index contributed by atoms with van der Waals surface area (Å²) in [6.07, 6.45) is 4.82. The number of carboxylic acid groups (broad SMARTS) is 1. The molecule has 0 bridgehead atoms. The van der Waals surface area contributed by atoms with Crippen LogP contribution in [0.4, 0.5) is 5.69 Å². The topological polar surface area (TPSA) is 79.3 Å². The molecule has 6 heteroatoms. The molecular formula is C12H13BrN2O3. The number of nitrogens with one attached hydrogen (secondary N) is 1. The molecule has 0 spiro atoms. The van der Waals surface area contributed by atoms with Gasteiger partial charge < -0.3 is 10.4 Å². The van der Waals surface area contributed by atoms with Crippen LogP contribution in [0.2, 0.25) is 0 Å². The van der Waals surface area contributed by atoms with Crippen LogP contribution in [-0.4, -0.2) is 22.0 Å². The zero-order valence-corrected chi connectivity index (χ0v) is 11.2. The van der Waals surface area contributed by atoms with Gasteiger partial charge in [0.1, 0.15) is 0 Å². The van der Waals surface area contributed by atoms with Crippen LogP contribution in [0.3, 0.4) is 0 Å². The van der Waals surface area contributed by atoms with Gasteiger partial charge in [0.2, 0.25) is 5.91 Å². The van der Waals surface area contributed by atoms with Gasteiger partial charge in [-0.15, -0.1) is 0 Å². The molecule has 1 aliphatic rings. The molecule has 18 heavy (non-hydrogen) atoms. The number of hydrogen-bond acceptors (Lipinski definition) is 3. The fourth-order valence-corrected chi connectivity index (χ4v) is 2.50. The summed E-state index contributed by atoms with van der Waals surface area (Å²) in [7, 11) is 0. The maximum Gasteiger partial charge on any atom is 0.306 e. The van der Waals surface area contributed by atoms with Crippen LogP contribution in [0.1, 0.15) is 19.3 Å². The van der Waals surface area contributed by atoms with Crippen LogP contribution >= 0.6 is 15.9 Å². The highest BCUT2D eigenvalue weighted by molar-refractivity contribution is 9.10. The van der Waals surface area contributed by atoms with Crippen molar-refractivity contribution >= 4 is 33.5 Å². The van der Waals surface area contributed by atoms with Gasteiger partial charge in [0.25, 0.3) is 0 Å². The summed E-state index contributed by atoms with van der Waals surface area (Å²) in [5.41, 5.74) is 0.661. The average Bonchev–Trinajstić information content (AvgIpc) is 2.81. The average molecular weight is 313 g/mol. The number of anilines is 1. The first-order chi connectivity index (χ1) is 8.58. The molecule has 2 rings (SSSR count). The highest BCUT2D eigenvalue weighted by Crippen LogP contribution is 2.32. The molecule has 0 aliphatic heterocycles. The van der Waals surface area contributed by atoms with Crippen molar-refractivity contribution in [3.05, 3.63) is 22.9 Å². The quantitative estimate of drug-likeness (QED) is 0.897. The summed E-state index contributed by atoms with van der Waals surface area (Å²) < 4.78 is 0.714. The number of aromatic nitrogens is 1. The van der Waals surface area contributed by atoms with E-state index in [1.165, 1.54) is 0 Å². The fraction of sp³-hybridized carbons (Fsp3) is 0.417. The van der Waals surface area contributed by atoms with Gasteiger partial charge in [0, 0.05) is 18.3 Å². The molecule has 1 aromatic heterocycles. The summed E-state index contributed by atoms with van der Waals surface area (Å²) >= 11 is 3.30. The van der Waals surface area contributed by atoms with Gasteiger partial charge in [-0.05, 0) is 41.3 Å². The van der Waals surface area contributed by atoms with Crippen molar-refractivity contribution in [2.75, 3.05) is 5.32 Å². The molecule has 2 N–H and O–H groups in total. The van der Waals surface area contributed by atoms with E-state index in [2.05, 4.69) is 26.2 Å². The third kappa shape index (κ3) is 2.87. The van der Waals surface area contributed by atoms with E-state index in [4.69, 9.17) is 5.11 Å². The Hall–Kier alpha value is -1.43. The van der Waals surface area contributed by atoms with Gasteiger partial charge in [-0.1, -0.05) is 0 Å². The fourth-order valence-electron chi connectivity index (χ4n) is 2.16. The van der Waals surface area contributed by atoms with E-state index in [9.17, 15) is 9.59 Å². The number of rotatable bonds is 3. The van der Waals surface area contributed by atoms with Gasteiger partial charge in [0.15, 0.2) is 0 Å². The lowest BCUT2D eigenvalue weighted by atomic mass is 10.0. The first kappa shape index (κ1) is 13.0. The Bertz CT molecular complexity index is 478. The molecule has 0 unspecified atom stereocenters. The molecule has 1 aliphatic carbocycles. The first-order valence-corrected chi connectivity index (χ1v) is 6.50. The minimum Gasteiger partial charge on any atom is -0.481 e. The van der Waals surface area contributed by atoms with Gasteiger partial charge in [-0.3, -0.25) is 14.6 Å². The maximum atomic E-state index is 12.0. The molecule has 1 aromatic rings. The number of amides is 1. The number of carboxylic acids is 1. The van der Waals surface area contributed by atoms with Crippen molar-refractivity contribution in [2.24, 2.45) is 11.8 Å². The van der Waals surface area contributed by atoms with Crippen molar-refractivity contribution in [3.63, 3.8) is 0 Å². The predicted molar refractivity (Wildman–Crippen MR) is 69.0 cm³/mol. The lowest BCUT2D eigenvalue weighted by Gasteiger charge is -2.11. The highest BCUT2D eigenvalue weighted by Gasteiger charge is 2.33. The van der Waals surface area contributed by atoms with Crippen molar-refractivity contribution in [2.45, 2.75) is 19.3 Å². The molecule has 1 fully saturated rings. The van der Waals surface area contributed by atoms with Crippen molar-refractivity contribution in [1.82, 2.24) is 4.98 Å². The van der Waals surface area contributed by atoms with Gasteiger partial charge >= 0.3 is 5.97 Å². The van der Waals surface area contributed by atoms with Crippen LogP contribution in [-0.2, 0) is 9.59 Å². The number of aliphatic carboxylic acids is 1. The number of nitrogens with zero attached hydrogens (tertiary/aromatic N) is 1. The van der Waals surface area contributed by atoms with E-state index in [0.29, 0.717) is 29.4 Å². The number of halogens is 1. The minimum atomic E-state index is -0.810. The van der Waals surface area contributed by atoms with Crippen LogP contribution in [0.25, 0.3) is 0 Å². The zero-order chi connectivity index (χ0) is 13.1. The minimum absolute atomic E-state index is 0.120. The third-order valence-electron chi connectivity index (χ3n) is 3.18. The Morgan fingerprint density at radius 2 is 2.11 bits per heavy atom. The van der Waals surface area contributed by atoms with E-state index in [-0.39, 0.29) is 17.7 Å². The van der Waals surface area contributed by atoms with Crippen LogP contribution in [0.5, 0.6) is 0 Å². The molecule has 1 amide bonds. The summed E-state index contributed by atoms with van der Waals surface area (Å²) in [5, 5.41) is 11.7. The van der Waals surface area contributed by atoms with Crippen LogP contribution in [0.15, 0.2) is 22.9 Å². The van der Waals surface area contributed by atoms with E-state index < -0.39 is 5.97 Å². The molecule has 2 atom stereocenters. The lowest BCUT2D eigenvalue weighted by Crippen LogP contribution is -2.21. The van der Waals surface area contributed by atoms with Crippen molar-refractivity contribution in [3.8, 4) is 0 Å². The molecule has 0 radical (unpaired) electrons.